The molecule has 0 heterocycles. The number of rotatable bonds is 10. The summed E-state index contributed by atoms with van der Waals surface area (Å²) in [7, 11) is 1.60. The second kappa shape index (κ2) is 12.3. The summed E-state index contributed by atoms with van der Waals surface area (Å²) in [6, 6.07) is 29.0. The molecule has 0 aromatic heterocycles. The number of nitrogens with one attached hydrogen (secondary N) is 1. The van der Waals surface area contributed by atoms with E-state index in [1.165, 1.54) is 0 Å². The Kier molecular flexibility index (Phi) is 8.41. The van der Waals surface area contributed by atoms with Crippen molar-refractivity contribution in [3.8, 4) is 23.3 Å². The molecule has 0 saturated carbocycles. The highest BCUT2D eigenvalue weighted by Gasteiger charge is 2.12. The number of fused-ring (bicyclic) bond motifs is 1. The van der Waals surface area contributed by atoms with Gasteiger partial charge in [-0.3, -0.25) is 4.79 Å². The molecule has 37 heavy (non-hydrogen) atoms. The van der Waals surface area contributed by atoms with Crippen molar-refractivity contribution in [2.45, 2.75) is 20.1 Å². The highest BCUT2D eigenvalue weighted by atomic mass is 16.5. The lowest BCUT2D eigenvalue weighted by molar-refractivity contribution is -0.117. The molecule has 4 aromatic carbocycles. The molecule has 0 fully saturated rings. The summed E-state index contributed by atoms with van der Waals surface area (Å²) >= 11 is 0. The maximum Gasteiger partial charge on any atom is 0.262 e. The summed E-state index contributed by atoms with van der Waals surface area (Å²) in [5, 5.41) is 14.7. The van der Waals surface area contributed by atoms with Crippen molar-refractivity contribution in [1.82, 2.24) is 5.32 Å². The van der Waals surface area contributed by atoms with E-state index in [0.29, 0.717) is 36.8 Å². The normalized spacial score (nSPS) is 11.0. The minimum Gasteiger partial charge on any atom is -0.497 e. The molecule has 0 saturated heterocycles. The van der Waals surface area contributed by atoms with E-state index in [1.54, 1.807) is 31.4 Å². The molecule has 0 aliphatic carbocycles. The van der Waals surface area contributed by atoms with Crippen molar-refractivity contribution < 1.29 is 19.0 Å². The van der Waals surface area contributed by atoms with Gasteiger partial charge in [0, 0.05) is 6.54 Å². The predicted octanol–water partition coefficient (Wildman–Crippen LogP) is 6.05. The van der Waals surface area contributed by atoms with Gasteiger partial charge in [0.15, 0.2) is 11.5 Å². The highest BCUT2D eigenvalue weighted by Crippen LogP contribution is 2.31. The Bertz CT molecular complexity index is 1450. The molecule has 0 radical (unpaired) electrons. The molecule has 0 unspecified atom stereocenters. The summed E-state index contributed by atoms with van der Waals surface area (Å²) in [6.45, 7) is 3.02. The van der Waals surface area contributed by atoms with Gasteiger partial charge in [0.1, 0.15) is 24.0 Å². The first kappa shape index (κ1) is 25.3. The Morgan fingerprint density at radius 1 is 0.946 bits per heavy atom. The van der Waals surface area contributed by atoms with Gasteiger partial charge in [-0.05, 0) is 64.7 Å². The summed E-state index contributed by atoms with van der Waals surface area (Å²) in [4.78, 5) is 12.6. The second-order valence-electron chi connectivity index (χ2n) is 8.27. The molecule has 0 bridgehead atoms. The van der Waals surface area contributed by atoms with E-state index in [0.717, 1.165) is 27.6 Å². The van der Waals surface area contributed by atoms with Crippen LogP contribution >= 0.6 is 0 Å². The molecule has 0 atom stereocenters. The quantitative estimate of drug-likeness (QED) is 0.215. The third kappa shape index (κ3) is 6.47. The van der Waals surface area contributed by atoms with Crippen LogP contribution in [0.5, 0.6) is 17.2 Å². The van der Waals surface area contributed by atoms with E-state index in [4.69, 9.17) is 14.2 Å². The number of hydrogen-bond donors (Lipinski definition) is 1. The van der Waals surface area contributed by atoms with Crippen LogP contribution in [0, 0.1) is 11.3 Å². The largest absolute Gasteiger partial charge is 0.497 e. The number of carbonyl (C=O) groups excluding carboxylic acids is 1. The van der Waals surface area contributed by atoms with E-state index in [2.05, 4.69) is 23.5 Å². The van der Waals surface area contributed by atoms with Gasteiger partial charge in [-0.25, -0.2) is 0 Å². The zero-order valence-corrected chi connectivity index (χ0v) is 20.9. The van der Waals surface area contributed by atoms with E-state index in [9.17, 15) is 10.1 Å². The van der Waals surface area contributed by atoms with Crippen molar-refractivity contribution in [3.63, 3.8) is 0 Å². The van der Waals surface area contributed by atoms with E-state index >= 15 is 0 Å². The third-order valence-corrected chi connectivity index (χ3v) is 5.82. The zero-order chi connectivity index (χ0) is 26.0. The molecule has 186 valence electrons. The molecule has 4 aromatic rings. The molecule has 6 heteroatoms. The monoisotopic (exact) mass is 492 g/mol. The van der Waals surface area contributed by atoms with Crippen LogP contribution in [0.1, 0.15) is 23.6 Å². The number of nitriles is 1. The number of hydrogen-bond acceptors (Lipinski definition) is 5. The van der Waals surface area contributed by atoms with Crippen molar-refractivity contribution in [1.29, 1.82) is 5.26 Å². The lowest BCUT2D eigenvalue weighted by atomic mass is 10.1. The second-order valence-corrected chi connectivity index (χ2v) is 8.27. The lowest BCUT2D eigenvalue weighted by Gasteiger charge is -2.14. The van der Waals surface area contributed by atoms with Crippen LogP contribution in [-0.4, -0.2) is 19.6 Å². The first-order chi connectivity index (χ1) is 18.1. The number of amides is 1. The first-order valence-corrected chi connectivity index (χ1v) is 12.0. The Morgan fingerprint density at radius 2 is 1.73 bits per heavy atom. The fourth-order valence-corrected chi connectivity index (χ4v) is 3.91. The van der Waals surface area contributed by atoms with Crippen LogP contribution in [0.25, 0.3) is 16.8 Å². The Labute approximate surface area is 216 Å². The van der Waals surface area contributed by atoms with Gasteiger partial charge in [-0.15, -0.1) is 0 Å². The standard InChI is InChI=1S/C31H28N2O4/c1-3-36-30-18-23(17-26(19-32)31(34)33-20-22-11-14-27(35-2)15-12-22)13-16-29(30)37-21-25-9-6-8-24-7-4-5-10-28(24)25/h4-18H,3,20-21H2,1-2H3,(H,33,34)/b26-17-. The topological polar surface area (TPSA) is 80.6 Å². The summed E-state index contributed by atoms with van der Waals surface area (Å²) in [5.41, 5.74) is 2.64. The first-order valence-electron chi connectivity index (χ1n) is 12.0. The van der Waals surface area contributed by atoms with Crippen molar-refractivity contribution in [2.75, 3.05) is 13.7 Å². The van der Waals surface area contributed by atoms with Crippen LogP contribution in [0.15, 0.2) is 90.5 Å². The molecule has 0 aliphatic rings. The average molecular weight is 493 g/mol. The number of methoxy groups -OCH3 is 1. The van der Waals surface area contributed by atoms with Crippen LogP contribution in [-0.2, 0) is 17.9 Å². The zero-order valence-electron chi connectivity index (χ0n) is 20.9. The van der Waals surface area contributed by atoms with Gasteiger partial charge >= 0.3 is 0 Å². The highest BCUT2D eigenvalue weighted by molar-refractivity contribution is 6.01. The van der Waals surface area contributed by atoms with Crippen molar-refractivity contribution in [2.24, 2.45) is 0 Å². The van der Waals surface area contributed by atoms with Gasteiger partial charge in [0.2, 0.25) is 0 Å². The SMILES string of the molecule is CCOc1cc(/C=C(/C#N)C(=O)NCc2ccc(OC)cc2)ccc1OCc1cccc2ccccc12. The molecule has 0 aliphatic heterocycles. The molecular weight excluding hydrogens is 464 g/mol. The molecular formula is C31H28N2O4. The number of benzene rings is 4. The predicted molar refractivity (Wildman–Crippen MR) is 144 cm³/mol. The molecule has 1 amide bonds. The number of ether oxygens (including phenoxy) is 3. The number of carbonyl (C=O) groups is 1. The van der Waals surface area contributed by atoms with Crippen LogP contribution in [0.3, 0.4) is 0 Å². The van der Waals surface area contributed by atoms with Crippen LogP contribution in [0.4, 0.5) is 0 Å². The Hall–Kier alpha value is -4.76. The Morgan fingerprint density at radius 3 is 2.49 bits per heavy atom. The minimum absolute atomic E-state index is 0.000355. The van der Waals surface area contributed by atoms with Gasteiger partial charge in [0.25, 0.3) is 5.91 Å². The van der Waals surface area contributed by atoms with Crippen LogP contribution in [0.2, 0.25) is 0 Å². The maximum atomic E-state index is 12.6. The van der Waals surface area contributed by atoms with Gasteiger partial charge in [-0.2, -0.15) is 5.26 Å². The minimum atomic E-state index is -0.451. The third-order valence-electron chi connectivity index (χ3n) is 5.82. The van der Waals surface area contributed by atoms with Gasteiger partial charge < -0.3 is 19.5 Å². The van der Waals surface area contributed by atoms with Gasteiger partial charge in [0.05, 0.1) is 13.7 Å². The van der Waals surface area contributed by atoms with Crippen LogP contribution < -0.4 is 19.5 Å². The maximum absolute atomic E-state index is 12.6. The summed E-state index contributed by atoms with van der Waals surface area (Å²) in [5.74, 6) is 1.43. The summed E-state index contributed by atoms with van der Waals surface area (Å²) in [6.07, 6.45) is 1.54. The van der Waals surface area contributed by atoms with Crippen molar-refractivity contribution >= 4 is 22.8 Å². The average Bonchev–Trinajstić information content (AvgIpc) is 2.94. The van der Waals surface area contributed by atoms with Gasteiger partial charge in [-0.1, -0.05) is 60.7 Å². The van der Waals surface area contributed by atoms with E-state index < -0.39 is 5.91 Å². The van der Waals surface area contributed by atoms with E-state index in [-0.39, 0.29) is 5.57 Å². The molecule has 4 rings (SSSR count). The smallest absolute Gasteiger partial charge is 0.262 e. The Balaban J connectivity index is 1.47. The molecule has 1 N–H and O–H groups in total. The molecule has 6 nitrogen and oxygen atoms in total. The van der Waals surface area contributed by atoms with E-state index in [1.807, 2.05) is 61.5 Å². The summed E-state index contributed by atoms with van der Waals surface area (Å²) < 4.78 is 17.1. The molecule has 0 spiro atoms. The lowest BCUT2D eigenvalue weighted by Crippen LogP contribution is -2.23. The van der Waals surface area contributed by atoms with Crippen molar-refractivity contribution in [3.05, 3.63) is 107 Å². The fraction of sp³-hybridized carbons (Fsp3) is 0.161. The number of nitrogens with zero attached hydrogens (tertiary/aromatic N) is 1. The fourth-order valence-electron chi connectivity index (χ4n) is 3.91.